The molecule has 9 heteroatoms. The summed E-state index contributed by atoms with van der Waals surface area (Å²) in [7, 11) is -1.98. The monoisotopic (exact) mass is 581 g/mol. The molecule has 7 nitrogen and oxygen atoms in total. The van der Waals surface area contributed by atoms with E-state index >= 15 is 0 Å². The van der Waals surface area contributed by atoms with Crippen molar-refractivity contribution in [2.24, 2.45) is 0 Å². The standard InChI is InChI=1S/C31H43N3O4SSi/c1-19-20(2)27-28(21(3)26(19)38-40(10,11)29(4,5)6)39-18-31(9,37-27)25-17-34(33-32-25)15-14-22-12-13-23-24(16-22)36-30(7,8)35-23/h12-13,16-17H,14-15,18H2,1-11H3. The summed E-state index contributed by atoms with van der Waals surface area (Å²) in [4.78, 5) is 1.17. The van der Waals surface area contributed by atoms with E-state index in [9.17, 15) is 0 Å². The minimum Gasteiger partial charge on any atom is -0.543 e. The van der Waals surface area contributed by atoms with E-state index in [1.54, 1.807) is 0 Å². The molecule has 2 aliphatic rings. The number of ether oxygens (including phenoxy) is 3. The van der Waals surface area contributed by atoms with Crippen molar-refractivity contribution >= 4 is 20.1 Å². The van der Waals surface area contributed by atoms with Gasteiger partial charge in [-0.05, 0) is 81.1 Å². The van der Waals surface area contributed by atoms with Gasteiger partial charge >= 0.3 is 0 Å². The SMILES string of the molecule is Cc1c(C)c2c(c(C)c1O[Si](C)(C)C(C)(C)C)SCC(C)(c1cn(CCc3ccc4c(c3)OC(C)(C)O4)nn1)O2. The van der Waals surface area contributed by atoms with E-state index < -0.39 is 19.7 Å². The average molecular weight is 582 g/mol. The number of benzene rings is 2. The summed E-state index contributed by atoms with van der Waals surface area (Å²) in [6.07, 6.45) is 2.83. The van der Waals surface area contributed by atoms with Crippen molar-refractivity contribution in [3.63, 3.8) is 0 Å². The van der Waals surface area contributed by atoms with Crippen LogP contribution in [-0.4, -0.2) is 34.9 Å². The molecule has 2 aromatic carbocycles. The maximum atomic E-state index is 6.84. The van der Waals surface area contributed by atoms with Crippen LogP contribution in [0, 0.1) is 20.8 Å². The lowest BCUT2D eigenvalue weighted by Crippen LogP contribution is -2.44. The summed E-state index contributed by atoms with van der Waals surface area (Å²) < 4.78 is 27.2. The zero-order valence-electron chi connectivity index (χ0n) is 25.8. The third kappa shape index (κ3) is 5.22. The Bertz CT molecular complexity index is 1460. The van der Waals surface area contributed by atoms with Gasteiger partial charge in [0.05, 0.1) is 11.1 Å². The van der Waals surface area contributed by atoms with Crippen LogP contribution in [0.5, 0.6) is 23.0 Å². The molecule has 0 saturated heterocycles. The predicted octanol–water partition coefficient (Wildman–Crippen LogP) is 7.74. The molecular formula is C31H43N3O4SSi. The van der Waals surface area contributed by atoms with Crippen LogP contribution in [-0.2, 0) is 18.6 Å². The van der Waals surface area contributed by atoms with Gasteiger partial charge in [-0.3, -0.25) is 4.68 Å². The third-order valence-corrected chi connectivity index (χ3v) is 14.3. The third-order valence-electron chi connectivity index (χ3n) is 8.54. The molecule has 0 bridgehead atoms. The van der Waals surface area contributed by atoms with Crippen LogP contribution < -0.4 is 18.6 Å². The first kappa shape index (κ1) is 28.9. The van der Waals surface area contributed by atoms with E-state index in [1.807, 2.05) is 42.6 Å². The highest BCUT2D eigenvalue weighted by Crippen LogP contribution is 2.51. The molecule has 0 aliphatic carbocycles. The van der Waals surface area contributed by atoms with Crippen LogP contribution >= 0.6 is 11.8 Å². The highest BCUT2D eigenvalue weighted by atomic mass is 32.2. The van der Waals surface area contributed by atoms with Gasteiger partial charge in [0.25, 0.3) is 8.32 Å². The quantitative estimate of drug-likeness (QED) is 0.276. The highest BCUT2D eigenvalue weighted by Gasteiger charge is 2.42. The zero-order valence-corrected chi connectivity index (χ0v) is 27.6. The molecule has 0 spiro atoms. The second kappa shape index (κ2) is 9.72. The number of nitrogens with zero attached hydrogens (tertiary/aromatic N) is 3. The predicted molar refractivity (Wildman–Crippen MR) is 163 cm³/mol. The van der Waals surface area contributed by atoms with E-state index in [4.69, 9.17) is 18.6 Å². The minimum atomic E-state index is -1.98. The van der Waals surface area contributed by atoms with Gasteiger partial charge in [-0.25, -0.2) is 0 Å². The lowest BCUT2D eigenvalue weighted by atomic mass is 10.0. The van der Waals surface area contributed by atoms with E-state index in [2.05, 4.69) is 84.0 Å². The summed E-state index contributed by atoms with van der Waals surface area (Å²) in [5.41, 5.74) is 4.89. The van der Waals surface area contributed by atoms with Gasteiger partial charge in [0.15, 0.2) is 17.1 Å². The van der Waals surface area contributed by atoms with Crippen LogP contribution in [0.3, 0.4) is 0 Å². The largest absolute Gasteiger partial charge is 0.543 e. The average Bonchev–Trinajstić information content (AvgIpc) is 3.46. The smallest absolute Gasteiger partial charge is 0.250 e. The van der Waals surface area contributed by atoms with E-state index in [-0.39, 0.29) is 5.04 Å². The van der Waals surface area contributed by atoms with Gasteiger partial charge in [0, 0.05) is 31.7 Å². The van der Waals surface area contributed by atoms with E-state index in [1.165, 1.54) is 16.0 Å². The number of hydrogen-bond donors (Lipinski definition) is 0. The second-order valence-corrected chi connectivity index (χ2v) is 19.1. The lowest BCUT2D eigenvalue weighted by Gasteiger charge is -2.40. The molecule has 3 heterocycles. The Balaban J connectivity index is 1.33. The first-order chi connectivity index (χ1) is 18.5. The van der Waals surface area contributed by atoms with Gasteiger partial charge in [0.2, 0.25) is 5.79 Å². The normalized spacial score (nSPS) is 19.8. The van der Waals surface area contributed by atoms with Crippen molar-refractivity contribution in [3.05, 3.63) is 52.3 Å². The molecule has 0 saturated carbocycles. The van der Waals surface area contributed by atoms with Gasteiger partial charge in [-0.15, -0.1) is 16.9 Å². The van der Waals surface area contributed by atoms with Gasteiger partial charge in [0.1, 0.15) is 17.2 Å². The first-order valence-electron chi connectivity index (χ1n) is 14.1. The molecule has 0 N–H and O–H groups in total. The van der Waals surface area contributed by atoms with Crippen molar-refractivity contribution in [2.45, 2.75) is 110 Å². The van der Waals surface area contributed by atoms with Crippen molar-refractivity contribution in [1.82, 2.24) is 15.0 Å². The van der Waals surface area contributed by atoms with Gasteiger partial charge in [-0.1, -0.05) is 32.1 Å². The molecule has 1 aromatic heterocycles. The van der Waals surface area contributed by atoms with Crippen molar-refractivity contribution in [2.75, 3.05) is 5.75 Å². The van der Waals surface area contributed by atoms with E-state index in [0.717, 1.165) is 52.0 Å². The topological polar surface area (TPSA) is 67.6 Å². The Morgan fingerprint density at radius 2 is 1.70 bits per heavy atom. The molecule has 0 fully saturated rings. The number of rotatable bonds is 6. The minimum absolute atomic E-state index is 0.128. The fraction of sp³-hybridized carbons (Fsp3) is 0.548. The summed E-state index contributed by atoms with van der Waals surface area (Å²) in [6.45, 7) is 24.6. The summed E-state index contributed by atoms with van der Waals surface area (Å²) >= 11 is 1.83. The Morgan fingerprint density at radius 1 is 1.00 bits per heavy atom. The number of fused-ring (bicyclic) bond motifs is 2. The molecule has 0 amide bonds. The number of aromatic nitrogens is 3. The fourth-order valence-corrected chi connectivity index (χ4v) is 7.21. The summed E-state index contributed by atoms with van der Waals surface area (Å²) in [5.74, 6) is 3.67. The molecular weight excluding hydrogens is 539 g/mol. The Hall–Kier alpha value is -2.65. The molecule has 3 aromatic rings. The molecule has 216 valence electrons. The molecule has 0 radical (unpaired) electrons. The highest BCUT2D eigenvalue weighted by molar-refractivity contribution is 7.99. The molecule has 1 atom stereocenters. The Labute approximate surface area is 244 Å². The van der Waals surface area contributed by atoms with Gasteiger partial charge in [-0.2, -0.15) is 0 Å². The van der Waals surface area contributed by atoms with E-state index in [0.29, 0.717) is 6.54 Å². The van der Waals surface area contributed by atoms with Crippen LogP contribution in [0.4, 0.5) is 0 Å². The fourth-order valence-electron chi connectivity index (χ4n) is 4.83. The number of thioether (sulfide) groups is 1. The van der Waals surface area contributed by atoms with Crippen LogP contribution in [0.1, 0.15) is 69.5 Å². The zero-order chi connectivity index (χ0) is 29.3. The van der Waals surface area contributed by atoms with Crippen molar-refractivity contribution < 1.29 is 18.6 Å². The van der Waals surface area contributed by atoms with Crippen molar-refractivity contribution in [3.8, 4) is 23.0 Å². The van der Waals surface area contributed by atoms with Crippen LogP contribution in [0.15, 0.2) is 29.3 Å². The number of hydrogen-bond acceptors (Lipinski definition) is 7. The van der Waals surface area contributed by atoms with Crippen molar-refractivity contribution in [1.29, 1.82) is 0 Å². The van der Waals surface area contributed by atoms with Gasteiger partial charge < -0.3 is 18.6 Å². The summed E-state index contributed by atoms with van der Waals surface area (Å²) in [6, 6.07) is 6.11. The Kier molecular flexibility index (Phi) is 7.01. The summed E-state index contributed by atoms with van der Waals surface area (Å²) in [5, 5.41) is 9.12. The van der Waals surface area contributed by atoms with Crippen LogP contribution in [0.25, 0.3) is 0 Å². The Morgan fingerprint density at radius 3 is 2.40 bits per heavy atom. The number of aryl methyl sites for hydroxylation is 2. The second-order valence-electron chi connectivity index (χ2n) is 13.3. The molecule has 5 rings (SSSR count). The molecule has 40 heavy (non-hydrogen) atoms. The maximum Gasteiger partial charge on any atom is 0.250 e. The first-order valence-corrected chi connectivity index (χ1v) is 18.0. The lowest BCUT2D eigenvalue weighted by molar-refractivity contribution is -0.0431. The maximum absolute atomic E-state index is 6.84. The molecule has 2 aliphatic heterocycles. The molecule has 1 unspecified atom stereocenters. The van der Waals surface area contributed by atoms with Crippen LogP contribution in [0.2, 0.25) is 18.1 Å².